The molecule has 1 aromatic carbocycles. The Balaban J connectivity index is 1.85. The fraction of sp³-hybridized carbons (Fsp3) is 0.533. The molecule has 2 aliphatic rings. The van der Waals surface area contributed by atoms with E-state index < -0.39 is 0 Å². The van der Waals surface area contributed by atoms with Gasteiger partial charge in [-0.2, -0.15) is 0 Å². The van der Waals surface area contributed by atoms with Crippen molar-refractivity contribution in [3.63, 3.8) is 0 Å². The molecule has 1 amide bonds. The van der Waals surface area contributed by atoms with Gasteiger partial charge in [0.1, 0.15) is 12.4 Å². The molecular formula is C15H20N2O2. The molecule has 1 fully saturated rings. The van der Waals surface area contributed by atoms with E-state index in [1.165, 1.54) is 0 Å². The summed E-state index contributed by atoms with van der Waals surface area (Å²) in [4.78, 5) is 14.5. The maximum Gasteiger partial charge on any atom is 0.230 e. The van der Waals surface area contributed by atoms with Crippen molar-refractivity contribution in [2.45, 2.75) is 32.2 Å². The van der Waals surface area contributed by atoms with Crippen molar-refractivity contribution >= 4 is 11.6 Å². The van der Waals surface area contributed by atoms with Gasteiger partial charge in [0, 0.05) is 12.0 Å². The van der Waals surface area contributed by atoms with Crippen molar-refractivity contribution < 1.29 is 9.53 Å². The summed E-state index contributed by atoms with van der Waals surface area (Å²) in [6.07, 6.45) is 2.69. The van der Waals surface area contributed by atoms with Crippen LogP contribution in [0.5, 0.6) is 5.75 Å². The number of rotatable bonds is 1. The van der Waals surface area contributed by atoms with Crippen LogP contribution in [-0.2, 0) is 4.79 Å². The average molecular weight is 260 g/mol. The van der Waals surface area contributed by atoms with E-state index in [-0.39, 0.29) is 17.9 Å². The van der Waals surface area contributed by atoms with Gasteiger partial charge in [0.25, 0.3) is 0 Å². The molecule has 0 aromatic heterocycles. The molecule has 1 saturated carbocycles. The fourth-order valence-corrected chi connectivity index (χ4v) is 3.02. The van der Waals surface area contributed by atoms with E-state index in [0.717, 1.165) is 36.3 Å². The summed E-state index contributed by atoms with van der Waals surface area (Å²) >= 11 is 0. The van der Waals surface area contributed by atoms with Crippen molar-refractivity contribution in [2.75, 3.05) is 18.1 Å². The van der Waals surface area contributed by atoms with Crippen LogP contribution >= 0.6 is 0 Å². The van der Waals surface area contributed by atoms with Crippen LogP contribution in [0, 0.1) is 12.8 Å². The standard InChI is InChI=1S/C15H20N2O2/c1-10-2-5-13-14(8-10)19-7-6-17(13)15(18)11-3-4-12(16)9-11/h2,5,8,11-12H,3-4,6-7,9,16H2,1H3/t11-,12+/m0/s1. The maximum absolute atomic E-state index is 12.6. The quantitative estimate of drug-likeness (QED) is 0.838. The van der Waals surface area contributed by atoms with E-state index in [1.807, 2.05) is 30.0 Å². The Morgan fingerprint density at radius 2 is 2.26 bits per heavy atom. The average Bonchev–Trinajstić information content (AvgIpc) is 2.83. The minimum atomic E-state index is 0.0854. The highest BCUT2D eigenvalue weighted by molar-refractivity contribution is 5.97. The smallest absolute Gasteiger partial charge is 0.230 e. The Hall–Kier alpha value is -1.55. The third-order valence-electron chi connectivity index (χ3n) is 4.07. The molecule has 0 unspecified atom stereocenters. The van der Waals surface area contributed by atoms with Crippen molar-refractivity contribution in [1.29, 1.82) is 0 Å². The number of amides is 1. The number of nitrogens with zero attached hydrogens (tertiary/aromatic N) is 1. The zero-order valence-electron chi connectivity index (χ0n) is 11.3. The number of anilines is 1. The number of nitrogens with two attached hydrogens (primary N) is 1. The predicted molar refractivity (Wildman–Crippen MR) is 74.3 cm³/mol. The number of ether oxygens (including phenoxy) is 1. The van der Waals surface area contributed by atoms with Gasteiger partial charge in [-0.25, -0.2) is 0 Å². The van der Waals surface area contributed by atoms with Crippen LogP contribution in [0.15, 0.2) is 18.2 Å². The number of benzene rings is 1. The van der Waals surface area contributed by atoms with E-state index in [0.29, 0.717) is 13.2 Å². The highest BCUT2D eigenvalue weighted by Gasteiger charge is 2.33. The number of hydrogen-bond acceptors (Lipinski definition) is 3. The molecule has 102 valence electrons. The van der Waals surface area contributed by atoms with Gasteiger partial charge in [0.05, 0.1) is 12.2 Å². The molecule has 1 heterocycles. The van der Waals surface area contributed by atoms with Crippen LogP contribution in [0.25, 0.3) is 0 Å². The number of carbonyl (C=O) groups is 1. The number of aryl methyl sites for hydroxylation is 1. The van der Waals surface area contributed by atoms with Crippen LogP contribution in [0.4, 0.5) is 5.69 Å². The lowest BCUT2D eigenvalue weighted by Gasteiger charge is -2.31. The van der Waals surface area contributed by atoms with Crippen LogP contribution in [0.3, 0.4) is 0 Å². The van der Waals surface area contributed by atoms with Gasteiger partial charge in [0.2, 0.25) is 5.91 Å². The first-order valence-electron chi connectivity index (χ1n) is 6.95. The third kappa shape index (κ3) is 2.32. The van der Waals surface area contributed by atoms with E-state index in [2.05, 4.69) is 0 Å². The molecule has 0 saturated heterocycles. The molecule has 2 atom stereocenters. The minimum absolute atomic E-state index is 0.0854. The molecule has 4 heteroatoms. The maximum atomic E-state index is 12.6. The van der Waals surface area contributed by atoms with Gasteiger partial charge in [-0.3, -0.25) is 4.79 Å². The first-order valence-corrected chi connectivity index (χ1v) is 6.95. The molecule has 0 bridgehead atoms. The highest BCUT2D eigenvalue weighted by Crippen LogP contribution is 2.35. The van der Waals surface area contributed by atoms with Gasteiger partial charge in [-0.1, -0.05) is 6.07 Å². The summed E-state index contributed by atoms with van der Waals surface area (Å²) in [5.41, 5.74) is 7.97. The first kappa shape index (κ1) is 12.5. The topological polar surface area (TPSA) is 55.6 Å². The molecular weight excluding hydrogens is 240 g/mol. The predicted octanol–water partition coefficient (Wildman–Crippen LogP) is 1.85. The number of hydrogen-bond donors (Lipinski definition) is 1. The number of fused-ring (bicyclic) bond motifs is 1. The van der Waals surface area contributed by atoms with Gasteiger partial charge < -0.3 is 15.4 Å². The minimum Gasteiger partial charge on any atom is -0.490 e. The van der Waals surface area contributed by atoms with E-state index in [1.54, 1.807) is 0 Å². The highest BCUT2D eigenvalue weighted by atomic mass is 16.5. The summed E-state index contributed by atoms with van der Waals surface area (Å²) in [5, 5.41) is 0. The van der Waals surface area contributed by atoms with Gasteiger partial charge >= 0.3 is 0 Å². The van der Waals surface area contributed by atoms with Crippen LogP contribution in [-0.4, -0.2) is 25.1 Å². The Kier molecular flexibility index (Phi) is 3.19. The molecule has 0 radical (unpaired) electrons. The van der Waals surface area contributed by atoms with Crippen molar-refractivity contribution in [1.82, 2.24) is 0 Å². The van der Waals surface area contributed by atoms with E-state index >= 15 is 0 Å². The Labute approximate surface area is 113 Å². The lowest BCUT2D eigenvalue weighted by molar-refractivity contribution is -0.122. The second-order valence-electron chi connectivity index (χ2n) is 5.58. The van der Waals surface area contributed by atoms with Crippen molar-refractivity contribution in [3.05, 3.63) is 23.8 Å². The van der Waals surface area contributed by atoms with Crippen LogP contribution < -0.4 is 15.4 Å². The monoisotopic (exact) mass is 260 g/mol. The molecule has 3 rings (SSSR count). The zero-order chi connectivity index (χ0) is 13.4. The SMILES string of the molecule is Cc1ccc2c(c1)OCCN2C(=O)[C@H]1CC[C@@H](N)C1. The summed E-state index contributed by atoms with van der Waals surface area (Å²) in [6.45, 7) is 3.24. The lowest BCUT2D eigenvalue weighted by atomic mass is 10.0. The third-order valence-corrected chi connectivity index (χ3v) is 4.07. The van der Waals surface area contributed by atoms with Gasteiger partial charge in [-0.15, -0.1) is 0 Å². The van der Waals surface area contributed by atoms with E-state index in [9.17, 15) is 4.79 Å². The first-order chi connectivity index (χ1) is 9.15. The molecule has 1 aliphatic carbocycles. The second-order valence-corrected chi connectivity index (χ2v) is 5.58. The summed E-state index contributed by atoms with van der Waals surface area (Å²) < 4.78 is 5.65. The summed E-state index contributed by atoms with van der Waals surface area (Å²) in [5.74, 6) is 1.12. The molecule has 2 N–H and O–H groups in total. The normalized spacial score (nSPS) is 25.9. The Morgan fingerprint density at radius 3 is 3.00 bits per heavy atom. The van der Waals surface area contributed by atoms with Gasteiger partial charge in [-0.05, 0) is 43.9 Å². The van der Waals surface area contributed by atoms with Crippen LogP contribution in [0.1, 0.15) is 24.8 Å². The summed E-state index contributed by atoms with van der Waals surface area (Å²) in [6, 6.07) is 6.19. The lowest BCUT2D eigenvalue weighted by Crippen LogP contribution is -2.41. The largest absolute Gasteiger partial charge is 0.490 e. The van der Waals surface area contributed by atoms with Gasteiger partial charge in [0.15, 0.2) is 0 Å². The molecule has 0 spiro atoms. The molecule has 1 aromatic rings. The van der Waals surface area contributed by atoms with Crippen LogP contribution in [0.2, 0.25) is 0 Å². The summed E-state index contributed by atoms with van der Waals surface area (Å²) in [7, 11) is 0. The molecule has 4 nitrogen and oxygen atoms in total. The van der Waals surface area contributed by atoms with Crippen molar-refractivity contribution in [2.24, 2.45) is 11.7 Å². The molecule has 1 aliphatic heterocycles. The Bertz CT molecular complexity index is 501. The zero-order valence-corrected chi connectivity index (χ0v) is 11.3. The fourth-order valence-electron chi connectivity index (χ4n) is 3.02. The second kappa shape index (κ2) is 4.85. The number of carbonyl (C=O) groups excluding carboxylic acids is 1. The van der Waals surface area contributed by atoms with E-state index in [4.69, 9.17) is 10.5 Å². The van der Waals surface area contributed by atoms with Crippen molar-refractivity contribution in [3.8, 4) is 5.75 Å². The molecule has 19 heavy (non-hydrogen) atoms. The Morgan fingerprint density at radius 1 is 1.42 bits per heavy atom.